The summed E-state index contributed by atoms with van der Waals surface area (Å²) in [5, 5.41) is 0. The number of nitrogen functional groups attached to an aromatic ring is 1. The van der Waals surface area contributed by atoms with Gasteiger partial charge in [-0.15, -0.1) is 12.4 Å². The summed E-state index contributed by atoms with van der Waals surface area (Å²) in [7, 11) is -3.74. The summed E-state index contributed by atoms with van der Waals surface area (Å²) in [4.78, 5) is 36.2. The van der Waals surface area contributed by atoms with Crippen LogP contribution in [-0.2, 0) is 44.0 Å². The summed E-state index contributed by atoms with van der Waals surface area (Å²) in [6, 6.07) is -1.44. The van der Waals surface area contributed by atoms with Gasteiger partial charge in [0.15, 0.2) is 11.5 Å². The maximum Gasteiger partial charge on any atom is 0.356 e. The van der Waals surface area contributed by atoms with Gasteiger partial charge in [-0.2, -0.15) is 0 Å². The van der Waals surface area contributed by atoms with Crippen LogP contribution in [0.5, 0.6) is 0 Å². The molecule has 0 bridgehead atoms. The summed E-state index contributed by atoms with van der Waals surface area (Å²) in [5.41, 5.74) is 18.4. The zero-order chi connectivity index (χ0) is 30.6. The minimum Gasteiger partial charge on any atom is -0.464 e. The fourth-order valence-corrected chi connectivity index (χ4v) is 4.78. The van der Waals surface area contributed by atoms with Gasteiger partial charge in [0.25, 0.3) is 0 Å². The molecule has 0 unspecified atom stereocenters. The van der Waals surface area contributed by atoms with Crippen molar-refractivity contribution in [1.82, 2.24) is 19.5 Å². The van der Waals surface area contributed by atoms with Gasteiger partial charge < -0.3 is 45.0 Å². The predicted molar refractivity (Wildman–Crippen MR) is 159 cm³/mol. The van der Waals surface area contributed by atoms with Crippen LogP contribution < -0.4 is 17.2 Å². The third-order valence-electron chi connectivity index (χ3n) is 6.02. The van der Waals surface area contributed by atoms with E-state index in [1.165, 1.54) is 6.33 Å². The first kappa shape index (κ1) is 37.6. The number of hydrogen-bond donors (Lipinski definition) is 3. The molecule has 0 saturated carbocycles. The number of hydrogen-bond acceptors (Lipinski definition) is 14. The Morgan fingerprint density at radius 3 is 1.90 bits per heavy atom. The summed E-state index contributed by atoms with van der Waals surface area (Å²) >= 11 is 0. The van der Waals surface area contributed by atoms with Crippen LogP contribution in [0, 0.1) is 11.8 Å². The zero-order valence-corrected chi connectivity index (χ0v) is 26.6. The number of carbonyl (C=O) groups is 2. The molecule has 2 rings (SSSR count). The molecule has 0 aromatic carbocycles. The van der Waals surface area contributed by atoms with E-state index in [4.69, 9.17) is 40.5 Å². The van der Waals surface area contributed by atoms with Crippen LogP contribution in [0.15, 0.2) is 12.7 Å². The average Bonchev–Trinajstić information content (AvgIpc) is 3.34. The van der Waals surface area contributed by atoms with E-state index in [0.717, 1.165) is 0 Å². The smallest absolute Gasteiger partial charge is 0.356 e. The van der Waals surface area contributed by atoms with Crippen molar-refractivity contribution in [3.63, 3.8) is 0 Å². The molecular formula is C25H45ClN7O8P. The number of ether oxygens (including phenoxy) is 3. The molecule has 2 aromatic heterocycles. The number of nitrogens with zero attached hydrogens (tertiary/aromatic N) is 4. The van der Waals surface area contributed by atoms with Crippen molar-refractivity contribution in [3.8, 4) is 0 Å². The Bertz CT molecular complexity index is 1130. The Kier molecular flexibility index (Phi) is 16.4. The lowest BCUT2D eigenvalue weighted by Gasteiger charge is -2.21. The number of anilines is 1. The van der Waals surface area contributed by atoms with Gasteiger partial charge in [0.2, 0.25) is 0 Å². The van der Waals surface area contributed by atoms with Gasteiger partial charge >= 0.3 is 19.5 Å². The zero-order valence-electron chi connectivity index (χ0n) is 24.8. The van der Waals surface area contributed by atoms with Crippen LogP contribution in [0.1, 0.15) is 47.5 Å². The van der Waals surface area contributed by atoms with Crippen molar-refractivity contribution < 1.29 is 37.4 Å². The molecule has 2 aromatic rings. The van der Waals surface area contributed by atoms with Crippen LogP contribution in [0.2, 0.25) is 0 Å². The number of aromatic nitrogens is 4. The van der Waals surface area contributed by atoms with E-state index in [0.29, 0.717) is 17.7 Å². The minimum atomic E-state index is -3.74. The predicted octanol–water partition coefficient (Wildman–Crippen LogP) is 2.25. The maximum absolute atomic E-state index is 13.5. The molecule has 0 fully saturated rings. The third-order valence-corrected chi connectivity index (χ3v) is 7.64. The van der Waals surface area contributed by atoms with Gasteiger partial charge in [0.1, 0.15) is 30.3 Å². The van der Waals surface area contributed by atoms with Crippen molar-refractivity contribution in [2.24, 2.45) is 23.3 Å². The lowest BCUT2D eigenvalue weighted by atomic mass is 10.1. The van der Waals surface area contributed by atoms with E-state index in [-0.39, 0.29) is 75.7 Å². The van der Waals surface area contributed by atoms with Crippen LogP contribution in [0.4, 0.5) is 5.82 Å². The number of rotatable bonds is 19. The Balaban J connectivity index is 0.00000882. The molecule has 2 heterocycles. The van der Waals surface area contributed by atoms with Gasteiger partial charge in [-0.3, -0.25) is 14.2 Å². The highest BCUT2D eigenvalue weighted by Gasteiger charge is 2.27. The monoisotopic (exact) mass is 637 g/mol. The molecule has 0 aliphatic heterocycles. The summed E-state index contributed by atoms with van der Waals surface area (Å²) in [6.07, 6.45) is 2.69. The molecule has 0 spiro atoms. The Hall–Kier alpha value is -2.39. The molecule has 6 N–H and O–H groups in total. The molecule has 42 heavy (non-hydrogen) atoms. The molecule has 3 atom stereocenters. The Morgan fingerprint density at radius 1 is 0.881 bits per heavy atom. The highest BCUT2D eigenvalue weighted by molar-refractivity contribution is 7.53. The molecule has 0 radical (unpaired) electrons. The molecule has 240 valence electrons. The lowest BCUT2D eigenvalue weighted by molar-refractivity contribution is -0.147. The van der Waals surface area contributed by atoms with Crippen molar-refractivity contribution in [1.29, 1.82) is 0 Å². The summed E-state index contributed by atoms with van der Waals surface area (Å²) in [5.74, 6) is -0.874. The fourth-order valence-electron chi connectivity index (χ4n) is 3.30. The van der Waals surface area contributed by atoms with Crippen LogP contribution in [0.3, 0.4) is 0 Å². The van der Waals surface area contributed by atoms with Crippen LogP contribution in [-0.4, -0.2) is 82.4 Å². The topological polar surface area (TPSA) is 219 Å². The molecule has 0 saturated heterocycles. The van der Waals surface area contributed by atoms with Crippen LogP contribution >= 0.6 is 20.0 Å². The van der Waals surface area contributed by atoms with E-state index in [9.17, 15) is 14.2 Å². The van der Waals surface area contributed by atoms with Crippen molar-refractivity contribution in [2.45, 2.75) is 72.2 Å². The first-order chi connectivity index (χ1) is 19.3. The SMILES string of the molecule is CC(C)[C@H](N)C(=O)OCCCOP(=O)(CO[C@H](C)Cn1cnc2c(N)ncnc21)OCCCOC(=O)[C@@H](N)C(C)C.Cl. The van der Waals surface area contributed by atoms with Crippen molar-refractivity contribution in [2.75, 3.05) is 38.5 Å². The van der Waals surface area contributed by atoms with Gasteiger partial charge in [-0.05, 0) is 18.8 Å². The first-order valence-corrected chi connectivity index (χ1v) is 15.3. The van der Waals surface area contributed by atoms with Gasteiger partial charge in [0, 0.05) is 12.8 Å². The number of fused-ring (bicyclic) bond motifs is 1. The maximum atomic E-state index is 13.5. The number of carbonyl (C=O) groups excluding carboxylic acids is 2. The largest absolute Gasteiger partial charge is 0.464 e. The van der Waals surface area contributed by atoms with E-state index in [1.807, 2.05) is 27.7 Å². The lowest BCUT2D eigenvalue weighted by Crippen LogP contribution is -2.37. The molecule has 15 nitrogen and oxygen atoms in total. The number of imidazole rings is 1. The Labute approximate surface area is 252 Å². The van der Waals surface area contributed by atoms with E-state index < -0.39 is 37.7 Å². The second-order valence-corrected chi connectivity index (χ2v) is 12.3. The minimum absolute atomic E-state index is 0. The average molecular weight is 638 g/mol. The van der Waals surface area contributed by atoms with E-state index >= 15 is 0 Å². The summed E-state index contributed by atoms with van der Waals surface area (Å²) in [6.45, 7) is 9.47. The van der Waals surface area contributed by atoms with Gasteiger partial charge in [-0.1, -0.05) is 27.7 Å². The second-order valence-electron chi connectivity index (χ2n) is 10.3. The number of halogens is 1. The van der Waals surface area contributed by atoms with Crippen molar-refractivity contribution >= 4 is 48.9 Å². The Morgan fingerprint density at radius 2 is 1.40 bits per heavy atom. The van der Waals surface area contributed by atoms with Gasteiger partial charge in [0.05, 0.1) is 45.4 Å². The highest BCUT2D eigenvalue weighted by Crippen LogP contribution is 2.48. The van der Waals surface area contributed by atoms with E-state index in [1.54, 1.807) is 17.8 Å². The normalized spacial score (nSPS) is 14.0. The molecular weight excluding hydrogens is 593 g/mol. The number of nitrogens with two attached hydrogens (primary N) is 3. The molecule has 0 aliphatic rings. The molecule has 0 aliphatic carbocycles. The standard InChI is InChI=1S/C25H44N7O8P.ClH/c1-16(2)19(26)24(33)36-8-6-10-39-41(35,40-11-7-9-37-25(34)20(27)17(3)4)15-38-18(5)12-32-14-31-21-22(28)29-13-30-23(21)32;/h13-14,16-20H,6-12,15,26-27H2,1-5H3,(H2,28,29,30);1H/t18-,19+,20+;/m1./s1. The second kappa shape index (κ2) is 18.3. The first-order valence-electron chi connectivity index (χ1n) is 13.6. The number of esters is 2. The third kappa shape index (κ3) is 12.1. The highest BCUT2D eigenvalue weighted by atomic mass is 35.5. The van der Waals surface area contributed by atoms with Gasteiger partial charge in [-0.25, -0.2) is 15.0 Å². The van der Waals surface area contributed by atoms with E-state index in [2.05, 4.69) is 15.0 Å². The van der Waals surface area contributed by atoms with Crippen molar-refractivity contribution in [3.05, 3.63) is 12.7 Å². The quantitative estimate of drug-likeness (QED) is 0.114. The molecule has 0 amide bonds. The fraction of sp³-hybridized carbons (Fsp3) is 0.720. The van der Waals surface area contributed by atoms with Crippen LogP contribution in [0.25, 0.3) is 11.2 Å². The summed E-state index contributed by atoms with van der Waals surface area (Å²) < 4.78 is 42.6. The molecule has 17 heteroatoms.